The number of aliphatic hydroxyl groups excluding tert-OH is 1. The number of ether oxygens (including phenoxy) is 1. The number of methoxy groups -OCH3 is 1. The molecule has 0 aliphatic heterocycles. The summed E-state index contributed by atoms with van der Waals surface area (Å²) in [5.41, 5.74) is 0.830. The molecule has 0 fully saturated rings. The average molecular weight is 329 g/mol. The summed E-state index contributed by atoms with van der Waals surface area (Å²) in [7, 11) is 1.53. The fourth-order valence-corrected chi connectivity index (χ4v) is 2.29. The lowest BCUT2D eigenvalue weighted by Crippen LogP contribution is -2.02. The predicted octanol–water partition coefficient (Wildman–Crippen LogP) is 3.82. The normalized spacial score (nSPS) is 12.3. The molecule has 2 aromatic carbocycles. The van der Waals surface area contributed by atoms with Crippen molar-refractivity contribution in [1.82, 2.24) is 0 Å². The first kappa shape index (κ1) is 14.0. The molecular weight excluding hydrogens is 318 g/mol. The minimum Gasteiger partial charge on any atom is -0.497 e. The van der Waals surface area contributed by atoms with Crippen molar-refractivity contribution in [3.8, 4) is 5.75 Å². The van der Waals surface area contributed by atoms with E-state index in [1.165, 1.54) is 13.2 Å². The van der Waals surface area contributed by atoms with Crippen molar-refractivity contribution >= 4 is 15.9 Å². The molecule has 0 amide bonds. The van der Waals surface area contributed by atoms with Crippen LogP contribution < -0.4 is 4.74 Å². The highest BCUT2D eigenvalue weighted by Gasteiger charge is 2.16. The molecule has 0 radical (unpaired) electrons. The molecule has 0 spiro atoms. The summed E-state index contributed by atoms with van der Waals surface area (Å²) in [4.78, 5) is 0. The van der Waals surface area contributed by atoms with Crippen molar-refractivity contribution in [3.05, 3.63) is 63.6 Å². The Morgan fingerprint density at radius 2 is 1.84 bits per heavy atom. The summed E-state index contributed by atoms with van der Waals surface area (Å²) in [5.74, 6) is -1.29. The molecule has 2 rings (SSSR count). The first-order valence-electron chi connectivity index (χ1n) is 5.49. The number of halogens is 3. The molecule has 0 aliphatic carbocycles. The van der Waals surface area contributed by atoms with Gasteiger partial charge in [-0.05, 0) is 35.4 Å². The molecule has 0 saturated heterocycles. The SMILES string of the molecule is COc1ccc(C(O)c2ccc(F)c(F)c2)c(Br)c1. The topological polar surface area (TPSA) is 29.5 Å². The first-order chi connectivity index (χ1) is 9.02. The van der Waals surface area contributed by atoms with Crippen molar-refractivity contribution < 1.29 is 18.6 Å². The standard InChI is InChI=1S/C14H11BrF2O2/c1-19-9-3-4-10(11(15)7-9)14(18)8-2-5-12(16)13(17)6-8/h2-7,14,18H,1H3. The second-order valence-electron chi connectivity index (χ2n) is 3.96. The van der Waals surface area contributed by atoms with Crippen LogP contribution in [-0.4, -0.2) is 12.2 Å². The van der Waals surface area contributed by atoms with Crippen LogP contribution in [0.2, 0.25) is 0 Å². The number of hydrogen-bond acceptors (Lipinski definition) is 2. The number of benzene rings is 2. The van der Waals surface area contributed by atoms with E-state index in [0.29, 0.717) is 15.8 Å². The van der Waals surface area contributed by atoms with Gasteiger partial charge in [0.1, 0.15) is 11.9 Å². The third-order valence-corrected chi connectivity index (χ3v) is 3.45. The molecule has 0 saturated carbocycles. The summed E-state index contributed by atoms with van der Waals surface area (Å²) < 4.78 is 31.7. The number of rotatable bonds is 3. The van der Waals surface area contributed by atoms with Crippen LogP contribution in [0, 0.1) is 11.6 Å². The Hall–Kier alpha value is -1.46. The van der Waals surface area contributed by atoms with Crippen LogP contribution in [0.4, 0.5) is 8.78 Å². The molecule has 0 aliphatic rings. The Kier molecular flexibility index (Phi) is 4.17. The minimum absolute atomic E-state index is 0.282. The summed E-state index contributed by atoms with van der Waals surface area (Å²) in [6, 6.07) is 8.36. The molecule has 19 heavy (non-hydrogen) atoms. The quantitative estimate of drug-likeness (QED) is 0.928. The lowest BCUT2D eigenvalue weighted by Gasteiger charge is -2.14. The molecular formula is C14H11BrF2O2. The minimum atomic E-state index is -1.05. The van der Waals surface area contributed by atoms with Crippen molar-refractivity contribution in [1.29, 1.82) is 0 Å². The van der Waals surface area contributed by atoms with Gasteiger partial charge in [-0.15, -0.1) is 0 Å². The molecule has 0 heterocycles. The van der Waals surface area contributed by atoms with E-state index in [1.807, 2.05) is 0 Å². The maximum absolute atomic E-state index is 13.2. The Bertz CT molecular complexity index is 602. The highest BCUT2D eigenvalue weighted by atomic mass is 79.9. The van der Waals surface area contributed by atoms with Crippen LogP contribution in [0.5, 0.6) is 5.75 Å². The van der Waals surface area contributed by atoms with E-state index >= 15 is 0 Å². The van der Waals surface area contributed by atoms with Gasteiger partial charge in [0.15, 0.2) is 11.6 Å². The summed E-state index contributed by atoms with van der Waals surface area (Å²) in [5, 5.41) is 10.2. The molecule has 1 unspecified atom stereocenters. The van der Waals surface area contributed by atoms with Gasteiger partial charge in [-0.25, -0.2) is 8.78 Å². The second kappa shape index (κ2) is 5.67. The van der Waals surface area contributed by atoms with Crippen LogP contribution in [0.3, 0.4) is 0 Å². The van der Waals surface area contributed by atoms with Gasteiger partial charge in [0, 0.05) is 4.47 Å². The first-order valence-corrected chi connectivity index (χ1v) is 6.28. The third-order valence-electron chi connectivity index (χ3n) is 2.76. The molecule has 0 aromatic heterocycles. The zero-order valence-electron chi connectivity index (χ0n) is 10.0. The van der Waals surface area contributed by atoms with E-state index in [2.05, 4.69) is 15.9 Å². The summed E-state index contributed by atoms with van der Waals surface area (Å²) >= 11 is 3.31. The van der Waals surface area contributed by atoms with Gasteiger partial charge in [-0.1, -0.05) is 28.1 Å². The molecule has 100 valence electrons. The highest BCUT2D eigenvalue weighted by Crippen LogP contribution is 2.31. The molecule has 5 heteroatoms. The fourth-order valence-electron chi connectivity index (χ4n) is 1.72. The largest absolute Gasteiger partial charge is 0.497 e. The smallest absolute Gasteiger partial charge is 0.159 e. The van der Waals surface area contributed by atoms with Crippen LogP contribution in [0.1, 0.15) is 17.2 Å². The maximum Gasteiger partial charge on any atom is 0.159 e. The van der Waals surface area contributed by atoms with E-state index in [9.17, 15) is 13.9 Å². The Balaban J connectivity index is 2.38. The Morgan fingerprint density at radius 1 is 1.11 bits per heavy atom. The molecule has 2 nitrogen and oxygen atoms in total. The van der Waals surface area contributed by atoms with Crippen LogP contribution in [0.25, 0.3) is 0 Å². The lowest BCUT2D eigenvalue weighted by atomic mass is 10.0. The summed E-state index contributed by atoms with van der Waals surface area (Å²) in [6.07, 6.45) is -1.05. The predicted molar refractivity (Wildman–Crippen MR) is 71.1 cm³/mol. The van der Waals surface area contributed by atoms with E-state index in [-0.39, 0.29) is 5.56 Å². The van der Waals surface area contributed by atoms with Crippen LogP contribution >= 0.6 is 15.9 Å². The highest BCUT2D eigenvalue weighted by molar-refractivity contribution is 9.10. The fraction of sp³-hybridized carbons (Fsp3) is 0.143. The van der Waals surface area contributed by atoms with Gasteiger partial charge < -0.3 is 9.84 Å². The monoisotopic (exact) mass is 328 g/mol. The Morgan fingerprint density at radius 3 is 2.42 bits per heavy atom. The zero-order chi connectivity index (χ0) is 14.0. The van der Waals surface area contributed by atoms with Gasteiger partial charge in [0.2, 0.25) is 0 Å². The van der Waals surface area contributed by atoms with E-state index < -0.39 is 17.7 Å². The zero-order valence-corrected chi connectivity index (χ0v) is 11.6. The average Bonchev–Trinajstić information content (AvgIpc) is 2.41. The Labute approximate surface area is 117 Å². The molecule has 2 aromatic rings. The third kappa shape index (κ3) is 2.93. The molecule has 0 bridgehead atoms. The molecule has 1 N–H and O–H groups in total. The van der Waals surface area contributed by atoms with Gasteiger partial charge in [-0.3, -0.25) is 0 Å². The van der Waals surface area contributed by atoms with Crippen molar-refractivity contribution in [2.75, 3.05) is 7.11 Å². The van der Waals surface area contributed by atoms with E-state index in [1.54, 1.807) is 18.2 Å². The maximum atomic E-state index is 13.2. The van der Waals surface area contributed by atoms with Gasteiger partial charge in [0.05, 0.1) is 7.11 Å². The van der Waals surface area contributed by atoms with Gasteiger partial charge in [0.25, 0.3) is 0 Å². The lowest BCUT2D eigenvalue weighted by molar-refractivity contribution is 0.218. The van der Waals surface area contributed by atoms with E-state index in [0.717, 1.165) is 12.1 Å². The van der Waals surface area contributed by atoms with Gasteiger partial charge in [-0.2, -0.15) is 0 Å². The van der Waals surface area contributed by atoms with Gasteiger partial charge >= 0.3 is 0 Å². The van der Waals surface area contributed by atoms with E-state index in [4.69, 9.17) is 4.74 Å². The van der Waals surface area contributed by atoms with Crippen molar-refractivity contribution in [2.45, 2.75) is 6.10 Å². The van der Waals surface area contributed by atoms with Crippen molar-refractivity contribution in [2.24, 2.45) is 0 Å². The second-order valence-corrected chi connectivity index (χ2v) is 4.82. The van der Waals surface area contributed by atoms with Crippen LogP contribution in [0.15, 0.2) is 40.9 Å². The van der Waals surface area contributed by atoms with Crippen molar-refractivity contribution in [3.63, 3.8) is 0 Å². The van der Waals surface area contributed by atoms with Crippen LogP contribution in [-0.2, 0) is 0 Å². The number of hydrogen-bond donors (Lipinski definition) is 1. The number of aliphatic hydroxyl groups is 1. The summed E-state index contributed by atoms with van der Waals surface area (Å²) in [6.45, 7) is 0. The molecule has 1 atom stereocenters.